The van der Waals surface area contributed by atoms with E-state index < -0.39 is 5.92 Å². The fraction of sp³-hybridized carbons (Fsp3) is 0.0500. The van der Waals surface area contributed by atoms with Gasteiger partial charge >= 0.3 is 0 Å². The van der Waals surface area contributed by atoms with Gasteiger partial charge in [0.2, 0.25) is 5.78 Å². The number of Topliss-reactive ketones (excluding diaryl/α,β-unsaturated/α-hetero) is 2. The molecule has 0 saturated carbocycles. The number of ketones is 2. The van der Waals surface area contributed by atoms with Gasteiger partial charge in [-0.3, -0.25) is 9.59 Å². The van der Waals surface area contributed by atoms with Crippen molar-refractivity contribution in [1.82, 2.24) is 0 Å². The predicted octanol–water partition coefficient (Wildman–Crippen LogP) is 2.59. The Hall–Kier alpha value is -3.25. The maximum Gasteiger partial charge on any atom is 0.229 e. The highest BCUT2D eigenvalue weighted by atomic mass is 32.1. The lowest BCUT2D eigenvalue weighted by molar-refractivity contribution is 0.0897. The predicted molar refractivity (Wildman–Crippen MR) is 100 cm³/mol. The summed E-state index contributed by atoms with van der Waals surface area (Å²) in [7, 11) is 0. The summed E-state index contributed by atoms with van der Waals surface area (Å²) >= 11 is 5.15. The van der Waals surface area contributed by atoms with E-state index in [1.165, 1.54) is 0 Å². The summed E-state index contributed by atoms with van der Waals surface area (Å²) in [4.78, 5) is 26.2. The minimum atomic E-state index is -0.651. The molecule has 1 unspecified atom stereocenters. The molecule has 0 aromatic heterocycles. The SMILES string of the molecule is NC(=S)C1=C(N)OC2=C(C(=O)c3ccccc3C2=O)C1c1ccccc1. The molecule has 2 aromatic carbocycles. The lowest BCUT2D eigenvalue weighted by Gasteiger charge is -2.32. The van der Waals surface area contributed by atoms with Crippen LogP contribution in [0.3, 0.4) is 0 Å². The Morgan fingerprint density at radius 3 is 2.12 bits per heavy atom. The minimum absolute atomic E-state index is 0.0296. The van der Waals surface area contributed by atoms with Gasteiger partial charge in [0.1, 0.15) is 4.99 Å². The van der Waals surface area contributed by atoms with Crippen LogP contribution in [0.4, 0.5) is 0 Å². The normalized spacial score (nSPS) is 19.0. The third-order valence-corrected chi connectivity index (χ3v) is 4.78. The number of rotatable bonds is 2. The number of fused-ring (bicyclic) bond motifs is 1. The number of carbonyl (C=O) groups excluding carboxylic acids is 2. The van der Waals surface area contributed by atoms with Crippen LogP contribution in [0.25, 0.3) is 0 Å². The zero-order valence-electron chi connectivity index (χ0n) is 13.6. The molecule has 2 aromatic rings. The number of nitrogens with two attached hydrogens (primary N) is 2. The molecule has 2 aliphatic rings. The van der Waals surface area contributed by atoms with Crippen LogP contribution in [0, 0.1) is 0 Å². The first-order valence-electron chi connectivity index (χ1n) is 7.95. The van der Waals surface area contributed by atoms with Gasteiger partial charge in [-0.2, -0.15) is 0 Å². The molecule has 5 nitrogen and oxygen atoms in total. The first-order valence-corrected chi connectivity index (χ1v) is 8.36. The molecule has 26 heavy (non-hydrogen) atoms. The van der Waals surface area contributed by atoms with Crippen molar-refractivity contribution in [1.29, 1.82) is 0 Å². The summed E-state index contributed by atoms with van der Waals surface area (Å²) in [5.74, 6) is -1.42. The van der Waals surface area contributed by atoms with Gasteiger partial charge in [-0.05, 0) is 5.56 Å². The Balaban J connectivity index is 1.99. The largest absolute Gasteiger partial charge is 0.437 e. The van der Waals surface area contributed by atoms with E-state index >= 15 is 0 Å². The van der Waals surface area contributed by atoms with E-state index in [1.807, 2.05) is 30.3 Å². The second-order valence-electron chi connectivity index (χ2n) is 6.03. The zero-order valence-corrected chi connectivity index (χ0v) is 14.4. The quantitative estimate of drug-likeness (QED) is 0.798. The van der Waals surface area contributed by atoms with Gasteiger partial charge in [0.15, 0.2) is 17.4 Å². The average Bonchev–Trinajstić information content (AvgIpc) is 2.65. The van der Waals surface area contributed by atoms with Gasteiger partial charge < -0.3 is 16.2 Å². The first kappa shape index (κ1) is 16.2. The van der Waals surface area contributed by atoms with E-state index in [0.717, 1.165) is 5.56 Å². The van der Waals surface area contributed by atoms with E-state index in [1.54, 1.807) is 24.3 Å². The average molecular weight is 362 g/mol. The van der Waals surface area contributed by atoms with Crippen LogP contribution in [0.2, 0.25) is 0 Å². The zero-order chi connectivity index (χ0) is 18.4. The van der Waals surface area contributed by atoms with Crippen molar-refractivity contribution in [2.75, 3.05) is 0 Å². The van der Waals surface area contributed by atoms with Gasteiger partial charge in [0, 0.05) is 17.0 Å². The molecule has 0 saturated heterocycles. The van der Waals surface area contributed by atoms with Crippen LogP contribution >= 0.6 is 12.2 Å². The lowest BCUT2D eigenvalue weighted by atomic mass is 9.75. The van der Waals surface area contributed by atoms with Crippen molar-refractivity contribution in [3.63, 3.8) is 0 Å². The minimum Gasteiger partial charge on any atom is -0.437 e. The molecule has 0 bridgehead atoms. The van der Waals surface area contributed by atoms with Crippen LogP contribution in [-0.4, -0.2) is 16.6 Å². The Labute approximate surface area is 154 Å². The third kappa shape index (κ3) is 2.27. The smallest absolute Gasteiger partial charge is 0.229 e. The topological polar surface area (TPSA) is 95.4 Å². The van der Waals surface area contributed by atoms with Crippen LogP contribution in [0.1, 0.15) is 32.2 Å². The van der Waals surface area contributed by atoms with E-state index in [4.69, 9.17) is 28.4 Å². The van der Waals surface area contributed by atoms with Gasteiger partial charge in [-0.15, -0.1) is 0 Å². The van der Waals surface area contributed by atoms with Gasteiger partial charge in [0.05, 0.1) is 11.1 Å². The van der Waals surface area contributed by atoms with E-state index in [-0.39, 0.29) is 33.8 Å². The summed E-state index contributed by atoms with van der Waals surface area (Å²) in [5, 5.41) is 0. The third-order valence-electron chi connectivity index (χ3n) is 4.56. The van der Waals surface area contributed by atoms with Crippen LogP contribution < -0.4 is 11.5 Å². The molecule has 1 heterocycles. The number of hydrogen-bond acceptors (Lipinski definition) is 5. The van der Waals surface area contributed by atoms with Crippen molar-refractivity contribution < 1.29 is 14.3 Å². The van der Waals surface area contributed by atoms with Crippen LogP contribution in [0.5, 0.6) is 0 Å². The number of ether oxygens (including phenoxy) is 1. The molecule has 0 amide bonds. The van der Waals surface area contributed by atoms with E-state index in [0.29, 0.717) is 16.7 Å². The fourth-order valence-electron chi connectivity index (χ4n) is 3.43. The monoisotopic (exact) mass is 362 g/mol. The molecule has 128 valence electrons. The lowest BCUT2D eigenvalue weighted by Crippen LogP contribution is -2.35. The Morgan fingerprint density at radius 2 is 1.50 bits per heavy atom. The van der Waals surface area contributed by atoms with Crippen molar-refractivity contribution in [3.05, 3.63) is 94.1 Å². The summed E-state index contributed by atoms with van der Waals surface area (Å²) in [5.41, 5.74) is 13.9. The Kier molecular flexibility index (Phi) is 3.70. The number of carbonyl (C=O) groups is 2. The van der Waals surface area contributed by atoms with Crippen molar-refractivity contribution in [2.45, 2.75) is 5.92 Å². The molecule has 1 atom stereocenters. The highest BCUT2D eigenvalue weighted by molar-refractivity contribution is 7.80. The highest BCUT2D eigenvalue weighted by Gasteiger charge is 2.43. The summed E-state index contributed by atoms with van der Waals surface area (Å²) in [6.07, 6.45) is 0. The highest BCUT2D eigenvalue weighted by Crippen LogP contribution is 2.44. The standard InChI is InChI=1S/C20H14N2O3S/c21-19-15(20(22)26)13(10-6-2-1-3-7-10)14-16(23)11-8-4-5-9-12(11)17(24)18(14)25-19/h1-9,13H,21H2,(H2,22,26). The number of benzene rings is 2. The first-order chi connectivity index (χ1) is 12.5. The van der Waals surface area contributed by atoms with Crippen molar-refractivity contribution in [2.24, 2.45) is 11.5 Å². The molecule has 4 rings (SSSR count). The molecular formula is C20H14N2O3S. The molecular weight excluding hydrogens is 348 g/mol. The van der Waals surface area contributed by atoms with E-state index in [9.17, 15) is 9.59 Å². The number of thiocarbonyl (C=S) groups is 1. The molecule has 0 fully saturated rings. The number of hydrogen-bond donors (Lipinski definition) is 2. The van der Waals surface area contributed by atoms with E-state index in [2.05, 4.69) is 0 Å². The van der Waals surface area contributed by atoms with Gasteiger partial charge in [-0.25, -0.2) is 0 Å². The molecule has 1 aliphatic heterocycles. The molecule has 6 heteroatoms. The molecule has 1 aliphatic carbocycles. The second-order valence-corrected chi connectivity index (χ2v) is 6.47. The maximum atomic E-state index is 13.2. The molecule has 4 N–H and O–H groups in total. The number of allylic oxidation sites excluding steroid dienone is 2. The molecule has 0 radical (unpaired) electrons. The second kappa shape index (κ2) is 5.93. The van der Waals surface area contributed by atoms with Gasteiger partial charge in [-0.1, -0.05) is 66.8 Å². The Bertz CT molecular complexity index is 1040. The van der Waals surface area contributed by atoms with Crippen molar-refractivity contribution in [3.8, 4) is 0 Å². The fourth-order valence-corrected chi connectivity index (χ4v) is 3.65. The van der Waals surface area contributed by atoms with Crippen LogP contribution in [-0.2, 0) is 4.74 Å². The summed E-state index contributed by atoms with van der Waals surface area (Å²) in [6.45, 7) is 0. The van der Waals surface area contributed by atoms with Crippen molar-refractivity contribution >= 4 is 28.8 Å². The summed E-state index contributed by atoms with van der Waals surface area (Å²) < 4.78 is 5.55. The maximum absolute atomic E-state index is 13.2. The molecule has 0 spiro atoms. The Morgan fingerprint density at radius 1 is 0.923 bits per heavy atom. The summed E-state index contributed by atoms with van der Waals surface area (Å²) in [6, 6.07) is 15.8. The van der Waals surface area contributed by atoms with Crippen LogP contribution in [0.15, 0.2) is 77.4 Å². The van der Waals surface area contributed by atoms with Gasteiger partial charge in [0.25, 0.3) is 0 Å².